The number of anilines is 1. The molecule has 1 saturated carbocycles. The molecule has 1 fully saturated rings. The summed E-state index contributed by atoms with van der Waals surface area (Å²) in [6, 6.07) is 7.70. The van der Waals surface area contributed by atoms with E-state index < -0.39 is 0 Å². The summed E-state index contributed by atoms with van der Waals surface area (Å²) in [5.74, 6) is 1.65. The van der Waals surface area contributed by atoms with Gasteiger partial charge < -0.3 is 10.5 Å². The van der Waals surface area contributed by atoms with Gasteiger partial charge in [-0.1, -0.05) is 0 Å². The Morgan fingerprint density at radius 3 is 3.00 bits per heavy atom. The average molecular weight is 214 g/mol. The van der Waals surface area contributed by atoms with Crippen LogP contribution in [0, 0.1) is 5.92 Å². The number of nitrogens with zero attached hydrogens (tertiary/aromatic N) is 1. The zero-order chi connectivity index (χ0) is 11.0. The number of aromatic nitrogens is 1. The fourth-order valence-corrected chi connectivity index (χ4v) is 1.79. The first kappa shape index (κ1) is 9.46. The third kappa shape index (κ3) is 1.69. The van der Waals surface area contributed by atoms with Gasteiger partial charge in [0.15, 0.2) is 0 Å². The van der Waals surface area contributed by atoms with E-state index in [4.69, 9.17) is 10.5 Å². The first-order valence-corrected chi connectivity index (χ1v) is 5.60. The van der Waals surface area contributed by atoms with E-state index in [1.54, 1.807) is 6.20 Å². The van der Waals surface area contributed by atoms with Crippen molar-refractivity contribution in [3.05, 3.63) is 30.5 Å². The van der Waals surface area contributed by atoms with E-state index in [0.717, 1.165) is 29.2 Å². The quantitative estimate of drug-likeness (QED) is 0.799. The molecule has 3 heteroatoms. The topological polar surface area (TPSA) is 48.1 Å². The summed E-state index contributed by atoms with van der Waals surface area (Å²) >= 11 is 0. The van der Waals surface area contributed by atoms with Crippen LogP contribution >= 0.6 is 0 Å². The summed E-state index contributed by atoms with van der Waals surface area (Å²) in [6.07, 6.45) is 4.35. The molecule has 1 aromatic carbocycles. The van der Waals surface area contributed by atoms with Crippen LogP contribution in [-0.2, 0) is 0 Å². The first-order valence-electron chi connectivity index (χ1n) is 5.60. The van der Waals surface area contributed by atoms with Crippen molar-refractivity contribution in [1.82, 2.24) is 4.98 Å². The van der Waals surface area contributed by atoms with Gasteiger partial charge in [-0.25, -0.2) is 0 Å². The smallest absolute Gasteiger partial charge is 0.128 e. The predicted octanol–water partition coefficient (Wildman–Crippen LogP) is 2.61. The molecule has 0 amide bonds. The molecular weight excluding hydrogens is 200 g/mol. The maximum atomic E-state index is 5.88. The molecule has 2 N–H and O–H groups in total. The number of nitrogen functional groups attached to an aromatic ring is 1. The third-order valence-electron chi connectivity index (χ3n) is 2.93. The standard InChI is InChI=1S/C13H14N2O/c14-11-5-6-12(16-8-9-3-4-9)10-2-1-7-15-13(10)11/h1-2,5-7,9H,3-4,8,14H2. The Bertz CT molecular complexity index is 520. The zero-order valence-corrected chi connectivity index (χ0v) is 9.02. The van der Waals surface area contributed by atoms with Gasteiger partial charge in [-0.15, -0.1) is 0 Å². The Labute approximate surface area is 94.2 Å². The van der Waals surface area contributed by atoms with Crippen LogP contribution in [0.4, 0.5) is 5.69 Å². The molecular formula is C13H14N2O. The molecule has 2 aromatic rings. The van der Waals surface area contributed by atoms with E-state index in [0.29, 0.717) is 5.69 Å². The third-order valence-corrected chi connectivity index (χ3v) is 2.93. The van der Waals surface area contributed by atoms with Crippen molar-refractivity contribution in [3.63, 3.8) is 0 Å². The van der Waals surface area contributed by atoms with Gasteiger partial charge in [0, 0.05) is 11.6 Å². The van der Waals surface area contributed by atoms with Gasteiger partial charge in [0.2, 0.25) is 0 Å². The van der Waals surface area contributed by atoms with E-state index in [-0.39, 0.29) is 0 Å². The van der Waals surface area contributed by atoms with E-state index in [1.807, 2.05) is 24.3 Å². The SMILES string of the molecule is Nc1ccc(OCC2CC2)c2cccnc12. The Morgan fingerprint density at radius 2 is 2.19 bits per heavy atom. The number of rotatable bonds is 3. The minimum absolute atomic E-state index is 0.703. The molecule has 82 valence electrons. The second kappa shape index (κ2) is 3.67. The van der Waals surface area contributed by atoms with E-state index in [9.17, 15) is 0 Å². The molecule has 0 unspecified atom stereocenters. The molecule has 1 heterocycles. The second-order valence-corrected chi connectivity index (χ2v) is 4.31. The van der Waals surface area contributed by atoms with Crippen LogP contribution in [0.5, 0.6) is 5.75 Å². The highest BCUT2D eigenvalue weighted by Gasteiger charge is 2.22. The van der Waals surface area contributed by atoms with E-state index in [2.05, 4.69) is 4.98 Å². The Balaban J connectivity index is 1.99. The zero-order valence-electron chi connectivity index (χ0n) is 9.02. The number of pyridine rings is 1. The molecule has 1 aliphatic rings. The van der Waals surface area contributed by atoms with Crippen LogP contribution in [0.15, 0.2) is 30.5 Å². The first-order chi connectivity index (χ1) is 7.84. The van der Waals surface area contributed by atoms with Crippen LogP contribution in [0.2, 0.25) is 0 Å². The number of benzene rings is 1. The minimum Gasteiger partial charge on any atom is -0.493 e. The van der Waals surface area contributed by atoms with E-state index in [1.165, 1.54) is 12.8 Å². The Hall–Kier alpha value is -1.77. The largest absolute Gasteiger partial charge is 0.493 e. The lowest BCUT2D eigenvalue weighted by Gasteiger charge is -2.09. The van der Waals surface area contributed by atoms with Crippen LogP contribution in [0.25, 0.3) is 10.9 Å². The number of fused-ring (bicyclic) bond motifs is 1. The number of hydrogen-bond acceptors (Lipinski definition) is 3. The maximum Gasteiger partial charge on any atom is 0.128 e. The summed E-state index contributed by atoms with van der Waals surface area (Å²) in [6.45, 7) is 0.813. The van der Waals surface area contributed by atoms with Gasteiger partial charge in [0.1, 0.15) is 5.75 Å². The Morgan fingerprint density at radius 1 is 1.31 bits per heavy atom. The van der Waals surface area contributed by atoms with Crippen LogP contribution in [0.3, 0.4) is 0 Å². The summed E-state index contributed by atoms with van der Waals surface area (Å²) in [4.78, 5) is 4.28. The van der Waals surface area contributed by atoms with Crippen LogP contribution in [-0.4, -0.2) is 11.6 Å². The molecule has 0 bridgehead atoms. The highest BCUT2D eigenvalue weighted by atomic mass is 16.5. The van der Waals surface area contributed by atoms with Crippen molar-refractivity contribution >= 4 is 16.6 Å². The van der Waals surface area contributed by atoms with Crippen LogP contribution < -0.4 is 10.5 Å². The molecule has 3 rings (SSSR count). The molecule has 0 radical (unpaired) electrons. The molecule has 0 aliphatic heterocycles. The van der Waals surface area contributed by atoms with Crippen molar-refractivity contribution < 1.29 is 4.74 Å². The van der Waals surface area contributed by atoms with Gasteiger partial charge in [-0.2, -0.15) is 0 Å². The number of ether oxygens (including phenoxy) is 1. The summed E-state index contributed by atoms with van der Waals surface area (Å²) in [5, 5.41) is 1.00. The Kier molecular flexibility index (Phi) is 2.17. The monoisotopic (exact) mass is 214 g/mol. The van der Waals surface area contributed by atoms with Gasteiger partial charge in [-0.05, 0) is 43.0 Å². The minimum atomic E-state index is 0.703. The second-order valence-electron chi connectivity index (χ2n) is 4.31. The molecule has 0 atom stereocenters. The van der Waals surface area contributed by atoms with E-state index >= 15 is 0 Å². The molecule has 1 aromatic heterocycles. The van der Waals surface area contributed by atoms with Crippen molar-refractivity contribution in [2.24, 2.45) is 5.92 Å². The normalized spacial score (nSPS) is 15.2. The molecule has 3 nitrogen and oxygen atoms in total. The average Bonchev–Trinajstić information content (AvgIpc) is 3.13. The summed E-state index contributed by atoms with van der Waals surface area (Å²) < 4.78 is 5.80. The van der Waals surface area contributed by atoms with Crippen molar-refractivity contribution in [1.29, 1.82) is 0 Å². The lowest BCUT2D eigenvalue weighted by molar-refractivity contribution is 0.303. The highest BCUT2D eigenvalue weighted by molar-refractivity contribution is 5.93. The van der Waals surface area contributed by atoms with Crippen LogP contribution in [0.1, 0.15) is 12.8 Å². The predicted molar refractivity (Wildman–Crippen MR) is 64.4 cm³/mol. The van der Waals surface area contributed by atoms with Gasteiger partial charge in [0.25, 0.3) is 0 Å². The molecule has 1 aliphatic carbocycles. The fourth-order valence-electron chi connectivity index (χ4n) is 1.79. The van der Waals surface area contributed by atoms with Gasteiger partial charge >= 0.3 is 0 Å². The number of hydrogen-bond donors (Lipinski definition) is 1. The number of nitrogens with two attached hydrogens (primary N) is 1. The van der Waals surface area contributed by atoms with Crippen molar-refractivity contribution in [2.75, 3.05) is 12.3 Å². The fraction of sp³-hybridized carbons (Fsp3) is 0.308. The maximum absolute atomic E-state index is 5.88. The van der Waals surface area contributed by atoms with Crippen molar-refractivity contribution in [3.8, 4) is 5.75 Å². The molecule has 16 heavy (non-hydrogen) atoms. The van der Waals surface area contributed by atoms with Crippen molar-refractivity contribution in [2.45, 2.75) is 12.8 Å². The van der Waals surface area contributed by atoms with Gasteiger partial charge in [-0.3, -0.25) is 4.98 Å². The summed E-state index contributed by atoms with van der Waals surface area (Å²) in [7, 11) is 0. The molecule has 0 spiro atoms. The summed E-state index contributed by atoms with van der Waals surface area (Å²) in [5.41, 5.74) is 7.41. The lowest BCUT2D eigenvalue weighted by Crippen LogP contribution is -2.00. The molecule has 0 saturated heterocycles. The van der Waals surface area contributed by atoms with Gasteiger partial charge in [0.05, 0.1) is 17.8 Å². The lowest BCUT2D eigenvalue weighted by atomic mass is 10.2. The highest BCUT2D eigenvalue weighted by Crippen LogP contribution is 2.32.